The van der Waals surface area contributed by atoms with E-state index in [0.29, 0.717) is 12.2 Å². The molecule has 2 N–H and O–H groups in total. The second-order valence-corrected chi connectivity index (χ2v) is 6.72. The van der Waals surface area contributed by atoms with Gasteiger partial charge in [-0.3, -0.25) is 14.2 Å². The molecule has 8 nitrogen and oxygen atoms in total. The molecule has 0 atom stereocenters. The van der Waals surface area contributed by atoms with Crippen LogP contribution in [-0.4, -0.2) is 25.2 Å². The Morgan fingerprint density at radius 1 is 0.931 bits per heavy atom. The van der Waals surface area contributed by atoms with Crippen LogP contribution in [0.15, 0.2) is 76.6 Å². The molecule has 0 amide bonds. The van der Waals surface area contributed by atoms with E-state index in [1.807, 2.05) is 60.7 Å². The standard InChI is InChI=1S/C21H18N4O4/c26-17(27)13-25-20(28)18-19(22-14-23(18)11-15-7-3-1-4-8-15)24(21(25)29)12-16-9-5-2-6-10-16/h1-10,14H,11-13H2,(H,26,27)/p+1. The Hall–Kier alpha value is -3.94. The van der Waals surface area contributed by atoms with Crippen molar-refractivity contribution < 1.29 is 14.5 Å². The average molecular weight is 391 g/mol. The van der Waals surface area contributed by atoms with Crippen molar-refractivity contribution >= 4 is 17.1 Å². The lowest BCUT2D eigenvalue weighted by Gasteiger charge is -2.09. The molecule has 29 heavy (non-hydrogen) atoms. The monoisotopic (exact) mass is 391 g/mol. The van der Waals surface area contributed by atoms with Crippen LogP contribution in [0.25, 0.3) is 11.2 Å². The van der Waals surface area contributed by atoms with Gasteiger partial charge in [0.15, 0.2) is 0 Å². The SMILES string of the molecule is O=C(O)Cn1c(=O)c2c([nH]c[n+]2Cc2ccccc2)n(Cc2ccccc2)c1=O. The summed E-state index contributed by atoms with van der Waals surface area (Å²) in [6.07, 6.45) is 1.63. The molecular formula is C21H19N4O4+. The smallest absolute Gasteiger partial charge is 0.335 e. The number of carbonyl (C=O) groups is 1. The van der Waals surface area contributed by atoms with Gasteiger partial charge in [-0.25, -0.2) is 18.9 Å². The molecule has 0 aliphatic rings. The summed E-state index contributed by atoms with van der Waals surface area (Å²) in [6.45, 7) is -0.0759. The van der Waals surface area contributed by atoms with E-state index in [0.717, 1.165) is 15.7 Å². The third kappa shape index (κ3) is 3.60. The van der Waals surface area contributed by atoms with Crippen molar-refractivity contribution in [2.24, 2.45) is 0 Å². The molecule has 4 rings (SSSR count). The van der Waals surface area contributed by atoms with Gasteiger partial charge in [0.2, 0.25) is 6.33 Å². The summed E-state index contributed by atoms with van der Waals surface area (Å²) in [5.41, 5.74) is 1.16. The van der Waals surface area contributed by atoms with Crippen LogP contribution in [0.5, 0.6) is 0 Å². The summed E-state index contributed by atoms with van der Waals surface area (Å²) in [5.74, 6) is -1.25. The average Bonchev–Trinajstić information content (AvgIpc) is 3.13. The van der Waals surface area contributed by atoms with Crippen molar-refractivity contribution in [2.45, 2.75) is 19.6 Å². The molecule has 0 unspecified atom stereocenters. The largest absolute Gasteiger partial charge is 0.480 e. The highest BCUT2D eigenvalue weighted by Gasteiger charge is 2.24. The fourth-order valence-electron chi connectivity index (χ4n) is 3.39. The number of H-pyrrole nitrogens is 1. The maximum Gasteiger partial charge on any atom is 0.335 e. The Labute approximate surface area is 164 Å². The molecule has 0 bridgehead atoms. The molecule has 0 saturated carbocycles. The number of fused-ring (bicyclic) bond motifs is 1. The first-order valence-electron chi connectivity index (χ1n) is 9.08. The molecule has 4 aromatic rings. The maximum absolute atomic E-state index is 13.0. The number of carboxylic acids is 1. The minimum absolute atomic E-state index is 0.210. The lowest BCUT2D eigenvalue weighted by molar-refractivity contribution is -0.662. The van der Waals surface area contributed by atoms with Crippen molar-refractivity contribution in [3.8, 4) is 0 Å². The van der Waals surface area contributed by atoms with Crippen molar-refractivity contribution in [1.82, 2.24) is 14.1 Å². The fourth-order valence-corrected chi connectivity index (χ4v) is 3.39. The highest BCUT2D eigenvalue weighted by atomic mass is 16.4. The Morgan fingerprint density at radius 2 is 1.55 bits per heavy atom. The van der Waals surface area contributed by atoms with Gasteiger partial charge in [0.05, 0.1) is 6.54 Å². The van der Waals surface area contributed by atoms with Gasteiger partial charge in [-0.1, -0.05) is 60.7 Å². The molecule has 8 heteroatoms. The van der Waals surface area contributed by atoms with E-state index >= 15 is 0 Å². The van der Waals surface area contributed by atoms with Gasteiger partial charge in [0, 0.05) is 0 Å². The molecule has 0 radical (unpaired) electrons. The molecule has 0 aliphatic heterocycles. The normalized spacial score (nSPS) is 11.0. The van der Waals surface area contributed by atoms with E-state index in [1.54, 1.807) is 10.9 Å². The first-order chi connectivity index (χ1) is 14.0. The summed E-state index contributed by atoms with van der Waals surface area (Å²) in [4.78, 5) is 40.2. The quantitative estimate of drug-likeness (QED) is 0.478. The third-order valence-corrected chi connectivity index (χ3v) is 4.72. The topological polar surface area (TPSA) is 101 Å². The molecule has 0 aliphatic carbocycles. The Balaban J connectivity index is 1.93. The number of aliphatic carboxylic acids is 1. The highest BCUT2D eigenvalue weighted by Crippen LogP contribution is 2.07. The molecule has 2 aromatic carbocycles. The first-order valence-corrected chi connectivity index (χ1v) is 9.08. The van der Waals surface area contributed by atoms with Crippen LogP contribution in [0.4, 0.5) is 0 Å². The van der Waals surface area contributed by atoms with E-state index in [1.165, 1.54) is 4.57 Å². The lowest BCUT2D eigenvalue weighted by atomic mass is 10.2. The van der Waals surface area contributed by atoms with Crippen LogP contribution in [0, 0.1) is 0 Å². The number of hydrogen-bond acceptors (Lipinski definition) is 3. The van der Waals surface area contributed by atoms with Gasteiger partial charge in [-0.2, -0.15) is 0 Å². The zero-order valence-electron chi connectivity index (χ0n) is 15.5. The minimum atomic E-state index is -1.25. The van der Waals surface area contributed by atoms with Gasteiger partial charge in [0.1, 0.15) is 13.1 Å². The van der Waals surface area contributed by atoms with Crippen molar-refractivity contribution in [3.05, 3.63) is 99.0 Å². The molecule has 2 aromatic heterocycles. The molecule has 0 spiro atoms. The zero-order valence-corrected chi connectivity index (χ0v) is 15.5. The number of nitrogens with zero attached hydrogens (tertiary/aromatic N) is 3. The Morgan fingerprint density at radius 3 is 2.17 bits per heavy atom. The predicted molar refractivity (Wildman–Crippen MR) is 106 cm³/mol. The van der Waals surface area contributed by atoms with Crippen LogP contribution in [0.3, 0.4) is 0 Å². The van der Waals surface area contributed by atoms with E-state index < -0.39 is 23.8 Å². The van der Waals surface area contributed by atoms with Crippen LogP contribution in [0.1, 0.15) is 11.1 Å². The Bertz CT molecular complexity index is 1290. The summed E-state index contributed by atoms with van der Waals surface area (Å²) >= 11 is 0. The van der Waals surface area contributed by atoms with Crippen molar-refractivity contribution in [1.29, 1.82) is 0 Å². The van der Waals surface area contributed by atoms with Gasteiger partial charge < -0.3 is 5.11 Å². The summed E-state index contributed by atoms with van der Waals surface area (Å²) in [6, 6.07) is 18.9. The maximum atomic E-state index is 13.0. The fraction of sp³-hybridized carbons (Fsp3) is 0.143. The van der Waals surface area contributed by atoms with Crippen LogP contribution < -0.4 is 15.8 Å². The predicted octanol–water partition coefficient (Wildman–Crippen LogP) is 0.960. The van der Waals surface area contributed by atoms with Gasteiger partial charge >= 0.3 is 17.2 Å². The van der Waals surface area contributed by atoms with Crippen LogP contribution >= 0.6 is 0 Å². The summed E-state index contributed by atoms with van der Waals surface area (Å²) in [7, 11) is 0. The van der Waals surface area contributed by atoms with E-state index in [4.69, 9.17) is 0 Å². The highest BCUT2D eigenvalue weighted by molar-refractivity contribution is 5.68. The number of rotatable bonds is 6. The number of hydrogen-bond donors (Lipinski definition) is 2. The number of aromatic nitrogens is 4. The van der Waals surface area contributed by atoms with Gasteiger partial charge in [0.25, 0.3) is 11.2 Å². The van der Waals surface area contributed by atoms with Crippen molar-refractivity contribution in [3.63, 3.8) is 0 Å². The van der Waals surface area contributed by atoms with Gasteiger partial charge in [-0.15, -0.1) is 0 Å². The molecular weight excluding hydrogens is 372 g/mol. The number of aromatic amines is 1. The first kappa shape index (κ1) is 18.4. The Kier molecular flexibility index (Phi) is 4.82. The summed E-state index contributed by atoms with van der Waals surface area (Å²) < 4.78 is 3.87. The molecule has 2 heterocycles. The van der Waals surface area contributed by atoms with Gasteiger partial charge in [-0.05, 0) is 11.1 Å². The molecule has 0 fully saturated rings. The number of imidazole rings is 1. The van der Waals surface area contributed by atoms with E-state index in [2.05, 4.69) is 4.98 Å². The zero-order chi connectivity index (χ0) is 20.4. The van der Waals surface area contributed by atoms with Crippen LogP contribution in [0.2, 0.25) is 0 Å². The van der Waals surface area contributed by atoms with E-state index in [9.17, 15) is 19.5 Å². The lowest BCUT2D eigenvalue weighted by Crippen LogP contribution is -2.46. The molecule has 0 saturated heterocycles. The van der Waals surface area contributed by atoms with Crippen molar-refractivity contribution in [2.75, 3.05) is 0 Å². The number of nitrogens with one attached hydrogen (secondary N) is 1. The second-order valence-electron chi connectivity index (χ2n) is 6.72. The third-order valence-electron chi connectivity index (χ3n) is 4.72. The minimum Gasteiger partial charge on any atom is -0.480 e. The summed E-state index contributed by atoms with van der Waals surface area (Å²) in [5, 5.41) is 9.20. The number of benzene rings is 2. The number of carboxylic acid groups (broad SMARTS) is 1. The van der Waals surface area contributed by atoms with Crippen LogP contribution in [-0.2, 0) is 24.4 Å². The van der Waals surface area contributed by atoms with E-state index in [-0.39, 0.29) is 12.1 Å². The molecule has 146 valence electrons. The second kappa shape index (κ2) is 7.59.